The second-order valence-electron chi connectivity index (χ2n) is 3.87. The molecule has 92 valence electrons. The van der Waals surface area contributed by atoms with Gasteiger partial charge in [-0.2, -0.15) is 0 Å². The number of nitrogen functional groups attached to an aromatic ring is 1. The second kappa shape index (κ2) is 5.18. The third-order valence-electron chi connectivity index (χ3n) is 2.60. The quantitative estimate of drug-likeness (QED) is 0.329. The molecule has 0 saturated heterocycles. The van der Waals surface area contributed by atoms with E-state index in [1.807, 2.05) is 0 Å². The Bertz CT molecular complexity index is 632. The molecule has 1 aromatic carbocycles. The van der Waals surface area contributed by atoms with Crippen molar-refractivity contribution in [3.8, 4) is 0 Å². The van der Waals surface area contributed by atoms with Gasteiger partial charge in [-0.25, -0.2) is 0 Å². The van der Waals surface area contributed by atoms with Crippen LogP contribution in [0.2, 0.25) is 0 Å². The first kappa shape index (κ1) is 11.9. The predicted molar refractivity (Wildman–Crippen MR) is 69.9 cm³/mol. The van der Waals surface area contributed by atoms with E-state index in [2.05, 4.69) is 10.1 Å². The first-order valence-corrected chi connectivity index (χ1v) is 5.44. The van der Waals surface area contributed by atoms with Crippen LogP contribution in [0.25, 0.3) is 0 Å². The highest BCUT2D eigenvalue weighted by molar-refractivity contribution is 6.02. The minimum Gasteiger partial charge on any atom is -0.411 e. The number of benzene rings is 1. The summed E-state index contributed by atoms with van der Waals surface area (Å²) in [5.74, 6) is 0. The van der Waals surface area contributed by atoms with Crippen LogP contribution in [0, 0.1) is 0 Å². The summed E-state index contributed by atoms with van der Waals surface area (Å²) in [6, 6.07) is 10.4. The molecule has 5 heteroatoms. The lowest BCUT2D eigenvalue weighted by molar-refractivity contribution is 0.318. The number of nitrogens with one attached hydrogen (secondary N) is 1. The van der Waals surface area contributed by atoms with E-state index in [-0.39, 0.29) is 12.0 Å². The number of hydrogen-bond acceptors (Lipinski definition) is 4. The molecule has 0 bridgehead atoms. The highest BCUT2D eigenvalue weighted by atomic mass is 16.4. The average Bonchev–Trinajstić information content (AvgIpc) is 2.38. The smallest absolute Gasteiger partial charge is 0.251 e. The average molecular weight is 243 g/mol. The molecule has 0 aliphatic heterocycles. The fraction of sp³-hybridized carbons (Fsp3) is 0.0769. The fourth-order valence-electron chi connectivity index (χ4n) is 1.69. The fourth-order valence-corrected chi connectivity index (χ4v) is 1.69. The molecule has 0 atom stereocenters. The Labute approximate surface area is 104 Å². The van der Waals surface area contributed by atoms with Crippen molar-refractivity contribution in [2.45, 2.75) is 6.42 Å². The number of pyridine rings is 1. The van der Waals surface area contributed by atoms with E-state index in [0.29, 0.717) is 22.5 Å². The largest absolute Gasteiger partial charge is 0.411 e. The van der Waals surface area contributed by atoms with Crippen LogP contribution >= 0.6 is 0 Å². The van der Waals surface area contributed by atoms with Crippen molar-refractivity contribution in [3.05, 3.63) is 64.1 Å². The van der Waals surface area contributed by atoms with Crippen LogP contribution < -0.4 is 11.3 Å². The van der Waals surface area contributed by atoms with Gasteiger partial charge in [-0.15, -0.1) is 0 Å². The van der Waals surface area contributed by atoms with Crippen molar-refractivity contribution in [3.63, 3.8) is 0 Å². The van der Waals surface area contributed by atoms with Crippen molar-refractivity contribution in [2.75, 3.05) is 5.73 Å². The Kier molecular flexibility index (Phi) is 3.43. The zero-order valence-electron chi connectivity index (χ0n) is 9.63. The molecule has 2 rings (SSSR count). The number of nitrogens with zero attached hydrogens (tertiary/aromatic N) is 1. The molecule has 18 heavy (non-hydrogen) atoms. The molecule has 0 unspecified atom stereocenters. The van der Waals surface area contributed by atoms with Crippen molar-refractivity contribution in [2.24, 2.45) is 5.16 Å². The topological polar surface area (TPSA) is 91.5 Å². The van der Waals surface area contributed by atoms with Gasteiger partial charge in [0.15, 0.2) is 0 Å². The van der Waals surface area contributed by atoms with Gasteiger partial charge in [0.1, 0.15) is 0 Å². The Morgan fingerprint density at radius 2 is 2.17 bits per heavy atom. The second-order valence-corrected chi connectivity index (χ2v) is 3.87. The molecule has 1 aromatic heterocycles. The molecule has 2 aromatic rings. The van der Waals surface area contributed by atoms with Gasteiger partial charge in [0, 0.05) is 29.4 Å². The van der Waals surface area contributed by atoms with E-state index in [0.717, 1.165) is 0 Å². The third-order valence-corrected chi connectivity index (χ3v) is 2.60. The summed E-state index contributed by atoms with van der Waals surface area (Å²) in [7, 11) is 0. The van der Waals surface area contributed by atoms with E-state index in [1.54, 1.807) is 42.6 Å². The van der Waals surface area contributed by atoms with Gasteiger partial charge in [0.2, 0.25) is 0 Å². The van der Waals surface area contributed by atoms with Crippen molar-refractivity contribution < 1.29 is 5.21 Å². The monoisotopic (exact) mass is 243 g/mol. The van der Waals surface area contributed by atoms with Gasteiger partial charge in [-0.3, -0.25) is 4.79 Å². The van der Waals surface area contributed by atoms with Crippen molar-refractivity contribution >= 4 is 11.4 Å². The van der Waals surface area contributed by atoms with Crippen LogP contribution in [0.3, 0.4) is 0 Å². The van der Waals surface area contributed by atoms with E-state index in [9.17, 15) is 4.79 Å². The standard InChI is InChI=1S/C13H13N3O2/c14-11-5-1-3-9(7-11)12(16-18)8-10-4-2-6-15-13(10)17/h1-7,18H,8,14H2,(H,15,17). The van der Waals surface area contributed by atoms with Crippen LogP contribution in [0.5, 0.6) is 0 Å². The minimum absolute atomic E-state index is 0.192. The number of aromatic amines is 1. The maximum absolute atomic E-state index is 11.6. The molecule has 4 N–H and O–H groups in total. The third kappa shape index (κ3) is 2.57. The highest BCUT2D eigenvalue weighted by Crippen LogP contribution is 2.10. The van der Waals surface area contributed by atoms with Gasteiger partial charge < -0.3 is 15.9 Å². The van der Waals surface area contributed by atoms with Crippen molar-refractivity contribution in [1.82, 2.24) is 4.98 Å². The van der Waals surface area contributed by atoms with Gasteiger partial charge in [0.25, 0.3) is 5.56 Å². The molecule has 0 amide bonds. The lowest BCUT2D eigenvalue weighted by Crippen LogP contribution is -2.16. The zero-order chi connectivity index (χ0) is 13.0. The SMILES string of the molecule is Nc1cccc(C(Cc2ccc[nH]c2=O)=NO)c1. The van der Waals surface area contributed by atoms with Crippen LogP contribution in [-0.4, -0.2) is 15.9 Å². The van der Waals surface area contributed by atoms with Gasteiger partial charge in [-0.1, -0.05) is 23.4 Å². The number of nitrogens with two attached hydrogens (primary N) is 1. The Hall–Kier alpha value is -2.56. The minimum atomic E-state index is -0.192. The van der Waals surface area contributed by atoms with E-state index in [1.165, 1.54) is 0 Å². The molecule has 0 spiro atoms. The van der Waals surface area contributed by atoms with Crippen molar-refractivity contribution in [1.29, 1.82) is 0 Å². The molecule has 0 fully saturated rings. The Balaban J connectivity index is 2.32. The number of H-pyrrole nitrogens is 1. The Morgan fingerprint density at radius 1 is 1.33 bits per heavy atom. The van der Waals surface area contributed by atoms with E-state index >= 15 is 0 Å². The molecule has 1 heterocycles. The number of oxime groups is 1. The molecule has 0 saturated carbocycles. The van der Waals surface area contributed by atoms with Gasteiger partial charge in [-0.05, 0) is 18.2 Å². The molecular formula is C13H13N3O2. The summed E-state index contributed by atoms with van der Waals surface area (Å²) in [4.78, 5) is 14.1. The highest BCUT2D eigenvalue weighted by Gasteiger charge is 2.08. The summed E-state index contributed by atoms with van der Waals surface area (Å²) in [5.41, 5.74) is 7.69. The van der Waals surface area contributed by atoms with Crippen LogP contribution in [0.4, 0.5) is 5.69 Å². The van der Waals surface area contributed by atoms with Gasteiger partial charge in [0.05, 0.1) is 5.71 Å². The number of rotatable bonds is 3. The molecule has 0 radical (unpaired) electrons. The summed E-state index contributed by atoms with van der Waals surface area (Å²) >= 11 is 0. The first-order valence-electron chi connectivity index (χ1n) is 5.44. The lowest BCUT2D eigenvalue weighted by Gasteiger charge is -2.05. The van der Waals surface area contributed by atoms with E-state index in [4.69, 9.17) is 10.9 Å². The maximum atomic E-state index is 11.6. The van der Waals surface area contributed by atoms with Crippen LogP contribution in [0.15, 0.2) is 52.5 Å². The molecule has 0 aliphatic rings. The number of aromatic nitrogens is 1. The lowest BCUT2D eigenvalue weighted by atomic mass is 10.0. The predicted octanol–water partition coefficient (Wildman–Crippen LogP) is 1.38. The maximum Gasteiger partial charge on any atom is 0.251 e. The molecule has 0 aliphatic carbocycles. The molecule has 5 nitrogen and oxygen atoms in total. The summed E-state index contributed by atoms with van der Waals surface area (Å²) in [5, 5.41) is 12.3. The van der Waals surface area contributed by atoms with Gasteiger partial charge >= 0.3 is 0 Å². The Morgan fingerprint density at radius 3 is 2.83 bits per heavy atom. The summed E-state index contributed by atoms with van der Waals surface area (Å²) in [6.45, 7) is 0. The first-order chi connectivity index (χ1) is 8.70. The zero-order valence-corrected chi connectivity index (χ0v) is 9.63. The number of hydrogen-bond donors (Lipinski definition) is 3. The molecular weight excluding hydrogens is 230 g/mol. The normalized spacial score (nSPS) is 11.4. The van der Waals surface area contributed by atoms with Crippen LogP contribution in [0.1, 0.15) is 11.1 Å². The number of anilines is 1. The summed E-state index contributed by atoms with van der Waals surface area (Å²) in [6.07, 6.45) is 1.80. The van der Waals surface area contributed by atoms with E-state index < -0.39 is 0 Å². The van der Waals surface area contributed by atoms with Crippen LogP contribution in [-0.2, 0) is 6.42 Å². The summed E-state index contributed by atoms with van der Waals surface area (Å²) < 4.78 is 0.